The van der Waals surface area contributed by atoms with Crippen molar-refractivity contribution in [3.63, 3.8) is 0 Å². The summed E-state index contributed by atoms with van der Waals surface area (Å²) in [5, 5.41) is 3.24. The molecule has 1 aromatic rings. The van der Waals surface area contributed by atoms with E-state index < -0.39 is 0 Å². The maximum Gasteiger partial charge on any atom is 0.250 e. The van der Waals surface area contributed by atoms with Gasteiger partial charge in [-0.3, -0.25) is 10.1 Å². The number of hydrogen-bond acceptors (Lipinski definition) is 4. The standard InChI is InChI=1S/C16H21N3O2S/c1-18-9-11-19(12-10-18)16(22)17-15(20)8-5-13-3-6-14(21-2)7-4-13/h3-8H,9-12H2,1-2H3,(H,17,20,22)/b8-5+. The molecule has 5 nitrogen and oxygen atoms in total. The SMILES string of the molecule is COc1ccc(/C=C/C(=O)NC(=S)N2CCN(C)CC2)cc1. The number of thiocarbonyl (C=S) groups is 1. The summed E-state index contributed by atoms with van der Waals surface area (Å²) in [5.41, 5.74) is 0.932. The van der Waals surface area contributed by atoms with Gasteiger partial charge >= 0.3 is 0 Å². The van der Waals surface area contributed by atoms with Gasteiger partial charge in [-0.2, -0.15) is 0 Å². The van der Waals surface area contributed by atoms with Crippen LogP contribution < -0.4 is 10.1 Å². The van der Waals surface area contributed by atoms with E-state index in [1.165, 1.54) is 6.08 Å². The molecule has 0 unspecified atom stereocenters. The second-order valence-electron chi connectivity index (χ2n) is 5.19. The van der Waals surface area contributed by atoms with Crippen LogP contribution in [0.1, 0.15) is 5.56 Å². The van der Waals surface area contributed by atoms with E-state index in [-0.39, 0.29) is 5.91 Å². The lowest BCUT2D eigenvalue weighted by Gasteiger charge is -2.33. The number of likely N-dealkylation sites (N-methyl/N-ethyl adjacent to an activating group) is 1. The fourth-order valence-corrected chi connectivity index (χ4v) is 2.41. The van der Waals surface area contributed by atoms with Gasteiger partial charge in [-0.05, 0) is 43.0 Å². The van der Waals surface area contributed by atoms with Crippen molar-refractivity contribution in [2.24, 2.45) is 0 Å². The van der Waals surface area contributed by atoms with Crippen LogP contribution in [0.3, 0.4) is 0 Å². The number of nitrogens with one attached hydrogen (secondary N) is 1. The minimum atomic E-state index is -0.209. The smallest absolute Gasteiger partial charge is 0.250 e. The highest BCUT2D eigenvalue weighted by atomic mass is 32.1. The molecule has 0 saturated carbocycles. The predicted octanol–water partition coefficient (Wildman–Crippen LogP) is 1.36. The number of carbonyl (C=O) groups excluding carboxylic acids is 1. The molecule has 1 amide bonds. The molecular formula is C16H21N3O2S. The molecule has 1 aromatic carbocycles. The molecule has 1 saturated heterocycles. The minimum Gasteiger partial charge on any atom is -0.497 e. The number of amides is 1. The number of benzene rings is 1. The summed E-state index contributed by atoms with van der Waals surface area (Å²) in [4.78, 5) is 16.2. The molecule has 0 aliphatic carbocycles. The highest BCUT2D eigenvalue weighted by Gasteiger charge is 2.16. The van der Waals surface area contributed by atoms with E-state index in [9.17, 15) is 4.79 Å². The quantitative estimate of drug-likeness (QED) is 0.673. The van der Waals surface area contributed by atoms with Gasteiger partial charge in [0, 0.05) is 32.3 Å². The monoisotopic (exact) mass is 319 g/mol. The molecule has 0 spiro atoms. The summed E-state index contributed by atoms with van der Waals surface area (Å²) >= 11 is 5.28. The van der Waals surface area contributed by atoms with Crippen LogP contribution in [0.5, 0.6) is 5.75 Å². The van der Waals surface area contributed by atoms with Crippen molar-refractivity contribution in [3.8, 4) is 5.75 Å². The molecule has 118 valence electrons. The van der Waals surface area contributed by atoms with Crippen molar-refractivity contribution in [1.82, 2.24) is 15.1 Å². The van der Waals surface area contributed by atoms with Crippen molar-refractivity contribution in [2.75, 3.05) is 40.3 Å². The third kappa shape index (κ3) is 4.82. The molecule has 1 N–H and O–H groups in total. The van der Waals surface area contributed by atoms with Crippen LogP contribution in [0.4, 0.5) is 0 Å². The van der Waals surface area contributed by atoms with Crippen LogP contribution >= 0.6 is 12.2 Å². The zero-order valence-electron chi connectivity index (χ0n) is 12.9. The van der Waals surface area contributed by atoms with Gasteiger partial charge in [-0.15, -0.1) is 0 Å². The van der Waals surface area contributed by atoms with Gasteiger partial charge in [0.15, 0.2) is 5.11 Å². The van der Waals surface area contributed by atoms with Crippen LogP contribution in [-0.2, 0) is 4.79 Å². The zero-order valence-corrected chi connectivity index (χ0v) is 13.7. The topological polar surface area (TPSA) is 44.8 Å². The summed E-state index contributed by atoms with van der Waals surface area (Å²) in [6, 6.07) is 7.49. The van der Waals surface area contributed by atoms with Gasteiger partial charge in [0.25, 0.3) is 0 Å². The molecule has 1 fully saturated rings. The molecule has 0 radical (unpaired) electrons. The van der Waals surface area contributed by atoms with Crippen LogP contribution in [0, 0.1) is 0 Å². The Bertz CT molecular complexity index is 549. The predicted molar refractivity (Wildman–Crippen MR) is 91.8 cm³/mol. The molecule has 1 aliphatic rings. The Balaban J connectivity index is 1.83. The van der Waals surface area contributed by atoms with Crippen LogP contribution in [0.25, 0.3) is 6.08 Å². The third-order valence-electron chi connectivity index (χ3n) is 3.56. The largest absolute Gasteiger partial charge is 0.497 e. The molecule has 1 heterocycles. The first kappa shape index (κ1) is 16.5. The first-order valence-corrected chi connectivity index (χ1v) is 7.60. The molecule has 6 heteroatoms. The molecule has 2 rings (SSSR count). The maximum absolute atomic E-state index is 11.9. The molecule has 22 heavy (non-hydrogen) atoms. The Morgan fingerprint density at radius 3 is 2.45 bits per heavy atom. The fraction of sp³-hybridized carbons (Fsp3) is 0.375. The molecule has 0 bridgehead atoms. The van der Waals surface area contributed by atoms with Crippen molar-refractivity contribution < 1.29 is 9.53 Å². The van der Waals surface area contributed by atoms with Gasteiger partial charge in [0.05, 0.1) is 7.11 Å². The number of carbonyl (C=O) groups is 1. The number of nitrogens with zero attached hydrogens (tertiary/aromatic N) is 2. The summed E-state index contributed by atoms with van der Waals surface area (Å²) < 4.78 is 5.09. The normalized spacial score (nSPS) is 15.8. The van der Waals surface area contributed by atoms with Crippen molar-refractivity contribution >= 4 is 29.3 Å². The van der Waals surface area contributed by atoms with Crippen molar-refractivity contribution in [2.45, 2.75) is 0 Å². The van der Waals surface area contributed by atoms with Gasteiger partial charge in [-0.25, -0.2) is 0 Å². The Labute approximate surface area is 136 Å². The number of piperazine rings is 1. The van der Waals surface area contributed by atoms with E-state index in [1.54, 1.807) is 13.2 Å². The van der Waals surface area contributed by atoms with Crippen molar-refractivity contribution in [3.05, 3.63) is 35.9 Å². The Kier molecular flexibility index (Phi) is 5.91. The van der Waals surface area contributed by atoms with E-state index in [2.05, 4.69) is 17.3 Å². The van der Waals surface area contributed by atoms with Gasteiger partial charge in [-0.1, -0.05) is 12.1 Å². The molecule has 0 aromatic heterocycles. The molecular weight excluding hydrogens is 298 g/mol. The first-order chi connectivity index (χ1) is 10.6. The Morgan fingerprint density at radius 2 is 1.86 bits per heavy atom. The van der Waals surface area contributed by atoms with E-state index >= 15 is 0 Å². The van der Waals surface area contributed by atoms with E-state index in [4.69, 9.17) is 17.0 Å². The van der Waals surface area contributed by atoms with Crippen LogP contribution in [-0.4, -0.2) is 61.2 Å². The lowest BCUT2D eigenvalue weighted by molar-refractivity contribution is -0.115. The van der Waals surface area contributed by atoms with E-state index in [0.29, 0.717) is 5.11 Å². The highest BCUT2D eigenvalue weighted by Crippen LogP contribution is 2.12. The second-order valence-corrected chi connectivity index (χ2v) is 5.58. The lowest BCUT2D eigenvalue weighted by Crippen LogP contribution is -2.51. The first-order valence-electron chi connectivity index (χ1n) is 7.19. The van der Waals surface area contributed by atoms with Gasteiger partial charge in [0.1, 0.15) is 5.75 Å². The van der Waals surface area contributed by atoms with Crippen molar-refractivity contribution in [1.29, 1.82) is 0 Å². The number of rotatable bonds is 3. The summed E-state index contributed by atoms with van der Waals surface area (Å²) in [6.07, 6.45) is 3.24. The van der Waals surface area contributed by atoms with Gasteiger partial charge in [0.2, 0.25) is 5.91 Å². The van der Waals surface area contributed by atoms with E-state index in [1.807, 2.05) is 29.2 Å². The lowest BCUT2D eigenvalue weighted by atomic mass is 10.2. The Hall–Kier alpha value is -1.92. The van der Waals surface area contributed by atoms with Crippen LogP contribution in [0.2, 0.25) is 0 Å². The highest BCUT2D eigenvalue weighted by molar-refractivity contribution is 7.80. The average molecular weight is 319 g/mol. The number of methoxy groups -OCH3 is 1. The molecule has 1 aliphatic heterocycles. The number of ether oxygens (including phenoxy) is 1. The third-order valence-corrected chi connectivity index (χ3v) is 3.92. The molecule has 0 atom stereocenters. The Morgan fingerprint density at radius 1 is 1.23 bits per heavy atom. The van der Waals surface area contributed by atoms with E-state index in [0.717, 1.165) is 37.5 Å². The van der Waals surface area contributed by atoms with Gasteiger partial charge < -0.3 is 14.5 Å². The second kappa shape index (κ2) is 7.91. The maximum atomic E-state index is 11.9. The average Bonchev–Trinajstić information content (AvgIpc) is 2.54. The summed E-state index contributed by atoms with van der Waals surface area (Å²) in [5.74, 6) is 0.581. The zero-order chi connectivity index (χ0) is 15.9. The summed E-state index contributed by atoms with van der Waals surface area (Å²) in [7, 11) is 3.70. The minimum absolute atomic E-state index is 0.209. The number of hydrogen-bond donors (Lipinski definition) is 1. The fourth-order valence-electron chi connectivity index (χ4n) is 2.12. The summed E-state index contributed by atoms with van der Waals surface area (Å²) in [6.45, 7) is 3.60. The van der Waals surface area contributed by atoms with Crippen LogP contribution in [0.15, 0.2) is 30.3 Å².